The van der Waals surface area contributed by atoms with E-state index in [0.717, 1.165) is 16.0 Å². The summed E-state index contributed by atoms with van der Waals surface area (Å²) in [6.07, 6.45) is 1.01. The Balaban J connectivity index is 1.90. The first-order valence-corrected chi connectivity index (χ1v) is 7.54. The number of benzene rings is 1. The summed E-state index contributed by atoms with van der Waals surface area (Å²) in [5.74, 6) is 0.416. The standard InChI is InChI=1S/C16H18N2O2S/c1-11-7-12(2)9-14(8-11)20-13(3)16(19)18-17-10-15-5-4-6-21-15/h4-10,13H,1-3H3,(H,18,19)/b17-10-/t13-/m1/s1. The van der Waals surface area contributed by atoms with E-state index in [0.29, 0.717) is 5.75 Å². The predicted octanol–water partition coefficient (Wildman–Crippen LogP) is 3.28. The number of nitrogens with zero attached hydrogens (tertiary/aromatic N) is 1. The Kier molecular flexibility index (Phi) is 5.11. The van der Waals surface area contributed by atoms with Gasteiger partial charge in [-0.25, -0.2) is 5.43 Å². The maximum atomic E-state index is 11.9. The first kappa shape index (κ1) is 15.3. The number of hydrogen-bond donors (Lipinski definition) is 1. The highest BCUT2D eigenvalue weighted by molar-refractivity contribution is 7.11. The fourth-order valence-electron chi connectivity index (χ4n) is 1.87. The molecule has 1 heterocycles. The number of ether oxygens (including phenoxy) is 1. The van der Waals surface area contributed by atoms with Crippen molar-refractivity contribution < 1.29 is 9.53 Å². The molecule has 2 rings (SSSR count). The molecule has 2 aromatic rings. The van der Waals surface area contributed by atoms with E-state index in [1.807, 2.05) is 43.5 Å². The fourth-order valence-corrected chi connectivity index (χ4v) is 2.46. The van der Waals surface area contributed by atoms with Crippen LogP contribution < -0.4 is 10.2 Å². The van der Waals surface area contributed by atoms with Crippen molar-refractivity contribution in [1.29, 1.82) is 0 Å². The number of hydrazone groups is 1. The lowest BCUT2D eigenvalue weighted by Crippen LogP contribution is -2.33. The number of nitrogens with one attached hydrogen (secondary N) is 1. The van der Waals surface area contributed by atoms with Crippen molar-refractivity contribution in [2.45, 2.75) is 26.9 Å². The van der Waals surface area contributed by atoms with Crippen molar-refractivity contribution in [3.8, 4) is 5.75 Å². The van der Waals surface area contributed by atoms with Gasteiger partial charge in [0.1, 0.15) is 5.75 Å². The molecule has 0 saturated carbocycles. The number of carbonyl (C=O) groups excluding carboxylic acids is 1. The lowest BCUT2D eigenvalue weighted by molar-refractivity contribution is -0.127. The molecule has 1 amide bonds. The van der Waals surface area contributed by atoms with Crippen LogP contribution in [0.3, 0.4) is 0 Å². The lowest BCUT2D eigenvalue weighted by atomic mass is 10.1. The van der Waals surface area contributed by atoms with Gasteiger partial charge in [0, 0.05) is 4.88 Å². The van der Waals surface area contributed by atoms with Crippen LogP contribution in [0.4, 0.5) is 0 Å². The maximum absolute atomic E-state index is 11.9. The summed E-state index contributed by atoms with van der Waals surface area (Å²) in [6, 6.07) is 9.73. The molecule has 21 heavy (non-hydrogen) atoms. The summed E-state index contributed by atoms with van der Waals surface area (Å²) in [4.78, 5) is 12.9. The average Bonchev–Trinajstić information content (AvgIpc) is 2.90. The van der Waals surface area contributed by atoms with Crippen LogP contribution in [0.15, 0.2) is 40.8 Å². The van der Waals surface area contributed by atoms with Gasteiger partial charge in [-0.2, -0.15) is 5.10 Å². The highest BCUT2D eigenvalue weighted by atomic mass is 32.1. The Labute approximate surface area is 128 Å². The van der Waals surface area contributed by atoms with Gasteiger partial charge in [-0.1, -0.05) is 12.1 Å². The summed E-state index contributed by atoms with van der Waals surface area (Å²) in [5, 5.41) is 5.87. The number of aryl methyl sites for hydroxylation is 2. The minimum Gasteiger partial charge on any atom is -0.481 e. The number of amides is 1. The van der Waals surface area contributed by atoms with Crippen LogP contribution in [0.5, 0.6) is 5.75 Å². The van der Waals surface area contributed by atoms with Gasteiger partial charge >= 0.3 is 0 Å². The minimum atomic E-state index is -0.605. The number of rotatable bonds is 5. The summed E-state index contributed by atoms with van der Waals surface area (Å²) in [7, 11) is 0. The Hall–Kier alpha value is -2.14. The first-order valence-electron chi connectivity index (χ1n) is 6.66. The molecule has 0 fully saturated rings. The molecule has 0 aliphatic carbocycles. The van der Waals surface area contributed by atoms with Crippen molar-refractivity contribution in [1.82, 2.24) is 5.43 Å². The van der Waals surface area contributed by atoms with Gasteiger partial charge in [0.25, 0.3) is 5.91 Å². The molecule has 4 nitrogen and oxygen atoms in total. The largest absolute Gasteiger partial charge is 0.481 e. The Bertz CT molecular complexity index is 615. The quantitative estimate of drug-likeness (QED) is 0.680. The summed E-state index contributed by atoms with van der Waals surface area (Å²) < 4.78 is 5.64. The Morgan fingerprint density at radius 2 is 2.05 bits per heavy atom. The predicted molar refractivity (Wildman–Crippen MR) is 86.1 cm³/mol. The molecule has 0 bridgehead atoms. The fraction of sp³-hybridized carbons (Fsp3) is 0.250. The molecule has 1 aromatic carbocycles. The number of thiophene rings is 1. The molecule has 110 valence electrons. The second-order valence-electron chi connectivity index (χ2n) is 4.83. The molecule has 0 unspecified atom stereocenters. The highest BCUT2D eigenvalue weighted by Crippen LogP contribution is 2.17. The Morgan fingerprint density at radius 3 is 2.67 bits per heavy atom. The van der Waals surface area contributed by atoms with Crippen LogP contribution in [0.2, 0.25) is 0 Å². The van der Waals surface area contributed by atoms with Gasteiger partial charge in [0.15, 0.2) is 6.10 Å². The molecule has 0 aliphatic rings. The van der Waals surface area contributed by atoms with Gasteiger partial charge in [0.2, 0.25) is 0 Å². The zero-order valence-electron chi connectivity index (χ0n) is 12.3. The molecule has 1 aromatic heterocycles. The lowest BCUT2D eigenvalue weighted by Gasteiger charge is -2.14. The molecule has 0 spiro atoms. The molecule has 5 heteroatoms. The average molecular weight is 302 g/mol. The van der Waals surface area contributed by atoms with Gasteiger partial charge in [-0.05, 0) is 55.5 Å². The summed E-state index contributed by atoms with van der Waals surface area (Å²) in [5.41, 5.74) is 4.69. The normalized spacial score (nSPS) is 12.3. The summed E-state index contributed by atoms with van der Waals surface area (Å²) in [6.45, 7) is 5.69. The SMILES string of the molecule is Cc1cc(C)cc(O[C@H](C)C(=O)N/N=C\c2cccs2)c1. The van der Waals surface area contributed by atoms with Gasteiger partial charge in [-0.15, -0.1) is 11.3 Å². The highest BCUT2D eigenvalue weighted by Gasteiger charge is 2.14. The third-order valence-electron chi connectivity index (χ3n) is 2.79. The van der Waals surface area contributed by atoms with Crippen molar-refractivity contribution in [2.75, 3.05) is 0 Å². The van der Waals surface area contributed by atoms with E-state index in [9.17, 15) is 4.79 Å². The second-order valence-corrected chi connectivity index (χ2v) is 5.81. The van der Waals surface area contributed by atoms with Crippen molar-refractivity contribution in [3.63, 3.8) is 0 Å². The van der Waals surface area contributed by atoms with E-state index in [2.05, 4.69) is 16.6 Å². The topological polar surface area (TPSA) is 50.7 Å². The molecule has 1 atom stereocenters. The molecule has 0 saturated heterocycles. The van der Waals surface area contributed by atoms with Crippen LogP contribution in [-0.2, 0) is 4.79 Å². The first-order chi connectivity index (χ1) is 10.0. The van der Waals surface area contributed by atoms with Crippen LogP contribution in [0.25, 0.3) is 0 Å². The molecular weight excluding hydrogens is 284 g/mol. The summed E-state index contributed by atoms with van der Waals surface area (Å²) >= 11 is 1.56. The third-order valence-corrected chi connectivity index (χ3v) is 3.59. The number of carbonyl (C=O) groups is 1. The van der Waals surface area contributed by atoms with E-state index in [-0.39, 0.29) is 5.91 Å². The van der Waals surface area contributed by atoms with Crippen LogP contribution >= 0.6 is 11.3 Å². The monoisotopic (exact) mass is 302 g/mol. The van der Waals surface area contributed by atoms with Crippen molar-refractivity contribution in [3.05, 3.63) is 51.7 Å². The van der Waals surface area contributed by atoms with Gasteiger partial charge in [0.05, 0.1) is 6.21 Å². The Morgan fingerprint density at radius 1 is 1.33 bits per heavy atom. The van der Waals surface area contributed by atoms with E-state index in [1.54, 1.807) is 24.5 Å². The van der Waals surface area contributed by atoms with E-state index < -0.39 is 6.10 Å². The molecular formula is C16H18N2O2S. The van der Waals surface area contributed by atoms with Gasteiger partial charge in [-0.3, -0.25) is 4.79 Å². The van der Waals surface area contributed by atoms with Crippen molar-refractivity contribution >= 4 is 23.5 Å². The molecule has 0 aliphatic heterocycles. The minimum absolute atomic E-state index is 0.276. The zero-order chi connectivity index (χ0) is 15.2. The van der Waals surface area contributed by atoms with Crippen molar-refractivity contribution in [2.24, 2.45) is 5.10 Å². The van der Waals surface area contributed by atoms with E-state index in [1.165, 1.54) is 0 Å². The third kappa shape index (κ3) is 4.72. The van der Waals surface area contributed by atoms with Crippen LogP contribution in [-0.4, -0.2) is 18.2 Å². The van der Waals surface area contributed by atoms with Crippen LogP contribution in [0, 0.1) is 13.8 Å². The van der Waals surface area contributed by atoms with E-state index in [4.69, 9.17) is 4.74 Å². The zero-order valence-corrected chi connectivity index (χ0v) is 13.1. The molecule has 0 radical (unpaired) electrons. The van der Waals surface area contributed by atoms with E-state index >= 15 is 0 Å². The van der Waals surface area contributed by atoms with Gasteiger partial charge < -0.3 is 4.74 Å². The molecule has 1 N–H and O–H groups in total. The second kappa shape index (κ2) is 7.04. The number of hydrogen-bond acceptors (Lipinski definition) is 4. The smallest absolute Gasteiger partial charge is 0.280 e. The van der Waals surface area contributed by atoms with Crippen LogP contribution in [0.1, 0.15) is 22.9 Å². The maximum Gasteiger partial charge on any atom is 0.280 e.